The lowest BCUT2D eigenvalue weighted by Gasteiger charge is -2.16. The molecule has 0 atom stereocenters. The molecule has 2 aromatic carbocycles. The first kappa shape index (κ1) is 20.6. The summed E-state index contributed by atoms with van der Waals surface area (Å²) in [5.41, 5.74) is 3.94. The molecule has 1 heterocycles. The summed E-state index contributed by atoms with van der Waals surface area (Å²) in [6.45, 7) is 10.1. The molecular formula is C24H27NO4. The highest BCUT2D eigenvalue weighted by Gasteiger charge is 2.14. The molecule has 5 heteroatoms. The fraction of sp³-hybridized carbons (Fsp3) is 0.333. The molecule has 3 rings (SSSR count). The maximum absolute atomic E-state index is 12.5. The predicted molar refractivity (Wildman–Crippen MR) is 116 cm³/mol. The Morgan fingerprint density at radius 2 is 1.76 bits per heavy atom. The van der Waals surface area contributed by atoms with Crippen molar-refractivity contribution in [1.82, 2.24) is 0 Å². The van der Waals surface area contributed by atoms with Crippen molar-refractivity contribution in [3.8, 4) is 5.75 Å². The summed E-state index contributed by atoms with van der Waals surface area (Å²) in [6.07, 6.45) is 0. The second-order valence-corrected chi connectivity index (χ2v) is 7.86. The van der Waals surface area contributed by atoms with Crippen LogP contribution in [0.5, 0.6) is 5.75 Å². The Morgan fingerprint density at radius 3 is 2.45 bits per heavy atom. The first-order valence-electron chi connectivity index (χ1n) is 9.86. The summed E-state index contributed by atoms with van der Waals surface area (Å²) in [5.74, 6) is 0.734. The van der Waals surface area contributed by atoms with Crippen LogP contribution in [0.15, 0.2) is 51.7 Å². The minimum atomic E-state index is -0.392. The van der Waals surface area contributed by atoms with Gasteiger partial charge in [-0.15, -0.1) is 0 Å². The molecule has 0 aliphatic carbocycles. The van der Waals surface area contributed by atoms with E-state index in [4.69, 9.17) is 9.15 Å². The Bertz CT molecular complexity index is 1100. The van der Waals surface area contributed by atoms with Crippen molar-refractivity contribution in [3.63, 3.8) is 0 Å². The second-order valence-electron chi connectivity index (χ2n) is 7.86. The van der Waals surface area contributed by atoms with Crippen LogP contribution in [0.4, 0.5) is 5.69 Å². The molecule has 0 aliphatic rings. The number of hydrogen-bond donors (Lipinski definition) is 1. The summed E-state index contributed by atoms with van der Waals surface area (Å²) < 4.78 is 11.0. The normalized spacial score (nSPS) is 11.3. The van der Waals surface area contributed by atoms with E-state index in [2.05, 4.69) is 19.2 Å². The molecule has 0 bridgehead atoms. The number of nitrogens with one attached hydrogen (secondary N) is 1. The highest BCUT2D eigenvalue weighted by atomic mass is 16.5. The summed E-state index contributed by atoms with van der Waals surface area (Å²) in [7, 11) is 0. The van der Waals surface area contributed by atoms with E-state index < -0.39 is 5.63 Å². The Kier molecular flexibility index (Phi) is 6.06. The largest absolute Gasteiger partial charge is 0.484 e. The molecule has 1 N–H and O–H groups in total. The smallest absolute Gasteiger partial charge is 0.336 e. The van der Waals surface area contributed by atoms with Gasteiger partial charge in [-0.2, -0.15) is 0 Å². The zero-order valence-electron chi connectivity index (χ0n) is 17.5. The average molecular weight is 393 g/mol. The Morgan fingerprint density at radius 1 is 1.03 bits per heavy atom. The van der Waals surface area contributed by atoms with E-state index in [-0.39, 0.29) is 18.4 Å². The van der Waals surface area contributed by atoms with E-state index in [0.717, 1.165) is 27.8 Å². The zero-order valence-corrected chi connectivity index (χ0v) is 17.5. The third kappa shape index (κ3) is 4.67. The number of carbonyl (C=O) groups is 1. The highest BCUT2D eigenvalue weighted by Crippen LogP contribution is 2.28. The molecule has 0 aliphatic heterocycles. The van der Waals surface area contributed by atoms with E-state index in [1.807, 2.05) is 45.0 Å². The van der Waals surface area contributed by atoms with Crippen LogP contribution < -0.4 is 15.7 Å². The fourth-order valence-electron chi connectivity index (χ4n) is 3.40. The number of rotatable bonds is 6. The minimum Gasteiger partial charge on any atom is -0.484 e. The van der Waals surface area contributed by atoms with Crippen molar-refractivity contribution in [3.05, 3.63) is 69.6 Å². The summed E-state index contributed by atoms with van der Waals surface area (Å²) in [4.78, 5) is 24.3. The van der Waals surface area contributed by atoms with Crippen molar-refractivity contribution in [2.24, 2.45) is 0 Å². The Balaban J connectivity index is 1.76. The van der Waals surface area contributed by atoms with Gasteiger partial charge in [0.15, 0.2) is 6.61 Å². The fourth-order valence-corrected chi connectivity index (χ4v) is 3.40. The number of benzene rings is 2. The first-order valence-corrected chi connectivity index (χ1v) is 9.86. The van der Waals surface area contributed by atoms with Crippen molar-refractivity contribution in [2.75, 3.05) is 11.9 Å². The number of fused-ring (bicyclic) bond motifs is 1. The molecule has 152 valence electrons. The van der Waals surface area contributed by atoms with Crippen LogP contribution >= 0.6 is 0 Å². The lowest BCUT2D eigenvalue weighted by molar-refractivity contribution is -0.118. The van der Waals surface area contributed by atoms with Crippen molar-refractivity contribution < 1.29 is 13.9 Å². The van der Waals surface area contributed by atoms with Gasteiger partial charge < -0.3 is 14.5 Å². The lowest BCUT2D eigenvalue weighted by atomic mass is 9.98. The quantitative estimate of drug-likeness (QED) is 0.572. The number of amides is 1. The van der Waals surface area contributed by atoms with E-state index in [1.54, 1.807) is 12.1 Å². The van der Waals surface area contributed by atoms with Gasteiger partial charge in [0, 0.05) is 23.2 Å². The molecule has 5 nitrogen and oxygen atoms in total. The summed E-state index contributed by atoms with van der Waals surface area (Å²) in [5, 5.41) is 3.84. The topological polar surface area (TPSA) is 68.5 Å². The number of para-hydroxylation sites is 1. The van der Waals surface area contributed by atoms with Gasteiger partial charge in [-0.05, 0) is 47.6 Å². The molecule has 1 amide bonds. The summed E-state index contributed by atoms with van der Waals surface area (Å²) >= 11 is 0. The van der Waals surface area contributed by atoms with Gasteiger partial charge in [-0.25, -0.2) is 4.79 Å². The second kappa shape index (κ2) is 8.52. The molecule has 0 spiro atoms. The van der Waals surface area contributed by atoms with Crippen LogP contribution in [0, 0.1) is 6.92 Å². The van der Waals surface area contributed by atoms with Crippen LogP contribution in [0.2, 0.25) is 0 Å². The van der Waals surface area contributed by atoms with Gasteiger partial charge in [0.1, 0.15) is 11.3 Å². The van der Waals surface area contributed by atoms with Gasteiger partial charge in [-0.1, -0.05) is 45.9 Å². The van der Waals surface area contributed by atoms with Crippen molar-refractivity contribution in [2.45, 2.75) is 46.5 Å². The van der Waals surface area contributed by atoms with E-state index in [1.165, 1.54) is 6.07 Å². The maximum atomic E-state index is 12.5. The molecular weight excluding hydrogens is 366 g/mol. The highest BCUT2D eigenvalue weighted by molar-refractivity contribution is 5.93. The van der Waals surface area contributed by atoms with Crippen molar-refractivity contribution in [1.29, 1.82) is 0 Å². The number of anilines is 1. The predicted octanol–water partition coefficient (Wildman–Crippen LogP) is 5.37. The van der Waals surface area contributed by atoms with Gasteiger partial charge >= 0.3 is 5.63 Å². The van der Waals surface area contributed by atoms with Gasteiger partial charge in [0.25, 0.3) is 5.91 Å². The molecule has 3 aromatic rings. The molecule has 0 unspecified atom stereocenters. The van der Waals surface area contributed by atoms with E-state index >= 15 is 0 Å². The SMILES string of the molecule is Cc1cccc(C(C)C)c1NC(=O)COc1ccc2c(C(C)C)cc(=O)oc2c1. The average Bonchev–Trinajstić information content (AvgIpc) is 2.66. The van der Waals surface area contributed by atoms with Crippen LogP contribution in [0.3, 0.4) is 0 Å². The van der Waals surface area contributed by atoms with Gasteiger partial charge in [0.05, 0.1) is 0 Å². The Labute approximate surface area is 170 Å². The summed E-state index contributed by atoms with van der Waals surface area (Å²) in [6, 6.07) is 12.8. The van der Waals surface area contributed by atoms with E-state index in [0.29, 0.717) is 17.3 Å². The first-order chi connectivity index (χ1) is 13.8. The van der Waals surface area contributed by atoms with Crippen LogP contribution in [-0.2, 0) is 4.79 Å². The molecule has 1 aromatic heterocycles. The van der Waals surface area contributed by atoms with Crippen LogP contribution in [0.25, 0.3) is 11.0 Å². The molecule has 29 heavy (non-hydrogen) atoms. The van der Waals surface area contributed by atoms with E-state index in [9.17, 15) is 9.59 Å². The monoisotopic (exact) mass is 393 g/mol. The molecule has 0 saturated heterocycles. The maximum Gasteiger partial charge on any atom is 0.336 e. The van der Waals surface area contributed by atoms with Crippen LogP contribution in [-0.4, -0.2) is 12.5 Å². The number of ether oxygens (including phenoxy) is 1. The van der Waals surface area contributed by atoms with Crippen molar-refractivity contribution >= 4 is 22.6 Å². The van der Waals surface area contributed by atoms with Gasteiger partial charge in [0.2, 0.25) is 0 Å². The third-order valence-corrected chi connectivity index (χ3v) is 4.93. The standard InChI is InChI=1S/C24H27NO4/c1-14(2)18-8-6-7-16(5)24(18)25-22(26)13-28-17-9-10-19-20(15(3)4)12-23(27)29-21(19)11-17/h6-12,14-15H,13H2,1-5H3,(H,25,26). The molecule has 0 saturated carbocycles. The third-order valence-electron chi connectivity index (χ3n) is 4.93. The molecule has 0 radical (unpaired) electrons. The lowest BCUT2D eigenvalue weighted by Crippen LogP contribution is -2.21. The molecule has 0 fully saturated rings. The van der Waals surface area contributed by atoms with Crippen LogP contribution in [0.1, 0.15) is 56.2 Å². The minimum absolute atomic E-state index is 0.133. The zero-order chi connectivity index (χ0) is 21.1. The number of hydrogen-bond acceptors (Lipinski definition) is 4. The van der Waals surface area contributed by atoms with Gasteiger partial charge in [-0.3, -0.25) is 4.79 Å². The number of carbonyl (C=O) groups excluding carboxylic acids is 1. The number of aryl methyl sites for hydroxylation is 1. The Hall–Kier alpha value is -3.08.